The number of rotatable bonds is 3. The second-order valence-electron chi connectivity index (χ2n) is 4.70. The number of hydrogen-bond acceptors (Lipinski definition) is 3. The van der Waals surface area contributed by atoms with Crippen LogP contribution in [0.2, 0.25) is 0 Å². The molecule has 0 bridgehead atoms. The predicted octanol–water partition coefficient (Wildman–Crippen LogP) is 2.49. The average molecular weight is 253 g/mol. The van der Waals surface area contributed by atoms with Crippen molar-refractivity contribution in [3.63, 3.8) is 0 Å². The topological polar surface area (TPSA) is 32.7 Å². The van der Waals surface area contributed by atoms with Crippen LogP contribution in [0.1, 0.15) is 31.9 Å². The fraction of sp³-hybridized carbons (Fsp3) is 0.571. The molecule has 18 heavy (non-hydrogen) atoms. The zero-order valence-corrected chi connectivity index (χ0v) is 10.9. The van der Waals surface area contributed by atoms with Gasteiger partial charge in [-0.05, 0) is 19.4 Å². The van der Waals surface area contributed by atoms with Gasteiger partial charge >= 0.3 is 0 Å². The van der Waals surface area contributed by atoms with E-state index < -0.39 is 6.10 Å². The van der Waals surface area contributed by atoms with E-state index >= 15 is 0 Å². The second-order valence-corrected chi connectivity index (χ2v) is 4.70. The lowest BCUT2D eigenvalue weighted by atomic mass is 10.1. The molecule has 1 aromatic rings. The summed E-state index contributed by atoms with van der Waals surface area (Å²) >= 11 is 0. The number of anilines is 1. The summed E-state index contributed by atoms with van der Waals surface area (Å²) in [5.74, 6) is -0.273. The van der Waals surface area contributed by atoms with Crippen LogP contribution < -0.4 is 4.90 Å². The summed E-state index contributed by atoms with van der Waals surface area (Å²) in [6, 6.07) is 4.86. The highest BCUT2D eigenvalue weighted by molar-refractivity contribution is 5.56. The van der Waals surface area contributed by atoms with Crippen LogP contribution in [0.5, 0.6) is 0 Å². The fourth-order valence-electron chi connectivity index (χ4n) is 2.37. The Labute approximate surface area is 107 Å². The molecule has 0 spiro atoms. The molecule has 0 amide bonds. The first-order chi connectivity index (χ1) is 8.63. The number of ether oxygens (including phenoxy) is 1. The van der Waals surface area contributed by atoms with E-state index in [1.54, 1.807) is 19.1 Å². The lowest BCUT2D eigenvalue weighted by Gasteiger charge is -2.35. The van der Waals surface area contributed by atoms with E-state index in [4.69, 9.17) is 4.74 Å². The molecule has 3 nitrogen and oxygen atoms in total. The zero-order chi connectivity index (χ0) is 13.1. The Morgan fingerprint density at radius 3 is 3.00 bits per heavy atom. The SMILES string of the molecule is CCC1CN(c2c(F)cccc2[C@@H](C)O)CCO1. The number of aliphatic hydroxyl groups excluding tert-OH is 1. The van der Waals surface area contributed by atoms with Crippen molar-refractivity contribution in [2.45, 2.75) is 32.5 Å². The summed E-state index contributed by atoms with van der Waals surface area (Å²) in [6.07, 6.45) is 0.383. The minimum Gasteiger partial charge on any atom is -0.389 e. The van der Waals surface area contributed by atoms with Crippen molar-refractivity contribution in [2.75, 3.05) is 24.6 Å². The molecule has 1 aliphatic heterocycles. The Hall–Kier alpha value is -1.13. The van der Waals surface area contributed by atoms with Gasteiger partial charge in [0.2, 0.25) is 0 Å². The van der Waals surface area contributed by atoms with Crippen molar-refractivity contribution < 1.29 is 14.2 Å². The number of hydrogen-bond donors (Lipinski definition) is 1. The van der Waals surface area contributed by atoms with Gasteiger partial charge in [0.25, 0.3) is 0 Å². The van der Waals surface area contributed by atoms with Gasteiger partial charge < -0.3 is 14.7 Å². The van der Waals surface area contributed by atoms with Gasteiger partial charge in [-0.25, -0.2) is 4.39 Å². The molecule has 100 valence electrons. The van der Waals surface area contributed by atoms with Crippen LogP contribution in [0.25, 0.3) is 0 Å². The molecule has 1 heterocycles. The normalized spacial score (nSPS) is 22.0. The molecule has 1 fully saturated rings. The summed E-state index contributed by atoms with van der Waals surface area (Å²) in [5.41, 5.74) is 1.17. The maximum Gasteiger partial charge on any atom is 0.146 e. The highest BCUT2D eigenvalue weighted by Gasteiger charge is 2.24. The monoisotopic (exact) mass is 253 g/mol. The van der Waals surface area contributed by atoms with Crippen LogP contribution in [-0.4, -0.2) is 30.9 Å². The van der Waals surface area contributed by atoms with E-state index in [0.29, 0.717) is 30.9 Å². The molecule has 2 rings (SSSR count). The van der Waals surface area contributed by atoms with E-state index in [1.807, 2.05) is 4.90 Å². The minimum atomic E-state index is -0.668. The minimum absolute atomic E-state index is 0.139. The first-order valence-corrected chi connectivity index (χ1v) is 6.46. The summed E-state index contributed by atoms with van der Waals surface area (Å²) in [7, 11) is 0. The van der Waals surface area contributed by atoms with Crippen LogP contribution in [0.4, 0.5) is 10.1 Å². The number of nitrogens with zero attached hydrogens (tertiary/aromatic N) is 1. The third kappa shape index (κ3) is 2.65. The van der Waals surface area contributed by atoms with Crippen LogP contribution in [0, 0.1) is 5.82 Å². The van der Waals surface area contributed by atoms with Crippen LogP contribution >= 0.6 is 0 Å². The van der Waals surface area contributed by atoms with Gasteiger partial charge in [-0.2, -0.15) is 0 Å². The molecule has 1 aliphatic rings. The zero-order valence-electron chi connectivity index (χ0n) is 10.9. The van der Waals surface area contributed by atoms with Gasteiger partial charge in [-0.1, -0.05) is 19.1 Å². The van der Waals surface area contributed by atoms with Crippen molar-refractivity contribution in [3.8, 4) is 0 Å². The molecule has 1 unspecified atom stereocenters. The fourth-order valence-corrected chi connectivity index (χ4v) is 2.37. The predicted molar refractivity (Wildman–Crippen MR) is 69.3 cm³/mol. The molecule has 0 saturated carbocycles. The number of morpholine rings is 1. The van der Waals surface area contributed by atoms with Gasteiger partial charge in [0.15, 0.2) is 0 Å². The molecule has 1 saturated heterocycles. The molecule has 0 aliphatic carbocycles. The molecule has 2 atom stereocenters. The lowest BCUT2D eigenvalue weighted by Crippen LogP contribution is -2.43. The smallest absolute Gasteiger partial charge is 0.146 e. The van der Waals surface area contributed by atoms with Gasteiger partial charge in [-0.15, -0.1) is 0 Å². The maximum atomic E-state index is 14.0. The van der Waals surface area contributed by atoms with E-state index in [0.717, 1.165) is 6.42 Å². The van der Waals surface area contributed by atoms with Crippen molar-refractivity contribution in [3.05, 3.63) is 29.6 Å². The van der Waals surface area contributed by atoms with Crippen molar-refractivity contribution in [2.24, 2.45) is 0 Å². The largest absolute Gasteiger partial charge is 0.389 e. The Morgan fingerprint density at radius 2 is 2.33 bits per heavy atom. The van der Waals surface area contributed by atoms with E-state index in [1.165, 1.54) is 6.07 Å². The third-order valence-corrected chi connectivity index (χ3v) is 3.38. The van der Waals surface area contributed by atoms with Crippen LogP contribution in [-0.2, 0) is 4.74 Å². The highest BCUT2D eigenvalue weighted by atomic mass is 19.1. The van der Waals surface area contributed by atoms with E-state index in [2.05, 4.69) is 6.92 Å². The third-order valence-electron chi connectivity index (χ3n) is 3.38. The first-order valence-electron chi connectivity index (χ1n) is 6.46. The van der Waals surface area contributed by atoms with E-state index in [9.17, 15) is 9.50 Å². The summed E-state index contributed by atoms with van der Waals surface area (Å²) < 4.78 is 19.6. The maximum absolute atomic E-state index is 14.0. The number of aliphatic hydroxyl groups is 1. The molecule has 1 aromatic carbocycles. The molecular formula is C14H20FNO2. The Balaban J connectivity index is 2.31. The van der Waals surface area contributed by atoms with Gasteiger partial charge in [-0.3, -0.25) is 0 Å². The summed E-state index contributed by atoms with van der Waals surface area (Å²) in [6.45, 7) is 5.67. The Morgan fingerprint density at radius 1 is 1.56 bits per heavy atom. The Kier molecular flexibility index (Phi) is 4.19. The standard InChI is InChI=1S/C14H20FNO2/c1-3-11-9-16(7-8-18-11)14-12(10(2)17)5-4-6-13(14)15/h4-6,10-11,17H,3,7-9H2,1-2H3/t10-,11?/m1/s1. The summed E-state index contributed by atoms with van der Waals surface area (Å²) in [5, 5.41) is 9.76. The molecule has 0 radical (unpaired) electrons. The Bertz CT molecular complexity index is 409. The quantitative estimate of drug-likeness (QED) is 0.898. The van der Waals surface area contributed by atoms with Crippen molar-refractivity contribution >= 4 is 5.69 Å². The number of benzene rings is 1. The van der Waals surface area contributed by atoms with Gasteiger partial charge in [0.05, 0.1) is 24.5 Å². The highest BCUT2D eigenvalue weighted by Crippen LogP contribution is 2.30. The van der Waals surface area contributed by atoms with Crippen LogP contribution in [0.15, 0.2) is 18.2 Å². The lowest BCUT2D eigenvalue weighted by molar-refractivity contribution is 0.0380. The molecule has 4 heteroatoms. The second kappa shape index (κ2) is 5.67. The van der Waals surface area contributed by atoms with Crippen LogP contribution in [0.3, 0.4) is 0 Å². The molecule has 1 N–H and O–H groups in total. The first kappa shape index (κ1) is 13.3. The van der Waals surface area contributed by atoms with Crippen molar-refractivity contribution in [1.29, 1.82) is 0 Å². The number of halogens is 1. The van der Waals surface area contributed by atoms with Gasteiger partial charge in [0.1, 0.15) is 5.82 Å². The average Bonchev–Trinajstić information content (AvgIpc) is 2.38. The van der Waals surface area contributed by atoms with Gasteiger partial charge in [0, 0.05) is 18.7 Å². The molecule has 0 aromatic heterocycles. The van der Waals surface area contributed by atoms with Crippen molar-refractivity contribution in [1.82, 2.24) is 0 Å². The number of para-hydroxylation sites is 1. The summed E-state index contributed by atoms with van der Waals surface area (Å²) in [4.78, 5) is 1.98. The molecular weight excluding hydrogens is 233 g/mol. The van der Waals surface area contributed by atoms with E-state index in [-0.39, 0.29) is 11.9 Å².